The third kappa shape index (κ3) is 4.20. The minimum absolute atomic E-state index is 0.0240. The van der Waals surface area contributed by atoms with Crippen molar-refractivity contribution < 1.29 is 14.7 Å². The number of aliphatic carboxylic acids is 1. The van der Waals surface area contributed by atoms with Crippen molar-refractivity contribution in [3.63, 3.8) is 0 Å². The zero-order chi connectivity index (χ0) is 13.9. The summed E-state index contributed by atoms with van der Waals surface area (Å²) in [5, 5.41) is 11.9. The van der Waals surface area contributed by atoms with E-state index in [-0.39, 0.29) is 17.4 Å². The predicted octanol–water partition coefficient (Wildman–Crippen LogP) is 1.78. The Hall–Kier alpha value is -1.26. The zero-order valence-electron chi connectivity index (χ0n) is 11.7. The standard InChI is InChI=1S/C13H24N2O3/c1-9-7-15(8-10(9)11(16)17)12(18)14-6-5-13(2,3)4/h9-10H,5-8H2,1-4H3,(H,14,18)(H,16,17)/t9-,10-/m1/s1. The van der Waals surface area contributed by atoms with Crippen LogP contribution in [0.15, 0.2) is 0 Å². The van der Waals surface area contributed by atoms with Gasteiger partial charge in [0.05, 0.1) is 5.92 Å². The van der Waals surface area contributed by atoms with Crippen molar-refractivity contribution in [2.24, 2.45) is 17.3 Å². The Balaban J connectivity index is 2.38. The third-order valence-corrected chi connectivity index (χ3v) is 3.37. The lowest BCUT2D eigenvalue weighted by molar-refractivity contribution is -0.142. The van der Waals surface area contributed by atoms with Gasteiger partial charge in [0.1, 0.15) is 0 Å². The van der Waals surface area contributed by atoms with Gasteiger partial charge in [-0.25, -0.2) is 4.79 Å². The van der Waals surface area contributed by atoms with Crippen molar-refractivity contribution in [2.75, 3.05) is 19.6 Å². The van der Waals surface area contributed by atoms with Crippen LogP contribution < -0.4 is 5.32 Å². The molecule has 0 unspecified atom stereocenters. The van der Waals surface area contributed by atoms with Crippen LogP contribution in [0, 0.1) is 17.3 Å². The average molecular weight is 256 g/mol. The zero-order valence-corrected chi connectivity index (χ0v) is 11.7. The summed E-state index contributed by atoms with van der Waals surface area (Å²) in [5.41, 5.74) is 0.190. The van der Waals surface area contributed by atoms with E-state index in [1.54, 1.807) is 4.90 Å². The van der Waals surface area contributed by atoms with E-state index in [4.69, 9.17) is 5.11 Å². The molecule has 5 heteroatoms. The largest absolute Gasteiger partial charge is 0.481 e. The molecule has 104 valence electrons. The normalized spacial score (nSPS) is 24.1. The first-order chi connectivity index (χ1) is 8.20. The van der Waals surface area contributed by atoms with Crippen molar-refractivity contribution >= 4 is 12.0 Å². The van der Waals surface area contributed by atoms with Gasteiger partial charge in [-0.1, -0.05) is 27.7 Å². The number of carbonyl (C=O) groups excluding carboxylic acids is 1. The molecule has 2 N–H and O–H groups in total. The van der Waals surface area contributed by atoms with Crippen LogP contribution in [-0.2, 0) is 4.79 Å². The number of nitrogens with zero attached hydrogens (tertiary/aromatic N) is 1. The summed E-state index contributed by atoms with van der Waals surface area (Å²) in [4.78, 5) is 24.4. The average Bonchev–Trinajstić information content (AvgIpc) is 2.58. The molecule has 1 aliphatic rings. The van der Waals surface area contributed by atoms with E-state index < -0.39 is 11.9 Å². The van der Waals surface area contributed by atoms with Gasteiger partial charge in [-0.05, 0) is 17.8 Å². The molecule has 0 aliphatic carbocycles. The molecular weight excluding hydrogens is 232 g/mol. The lowest BCUT2D eigenvalue weighted by atomic mass is 9.92. The fourth-order valence-corrected chi connectivity index (χ4v) is 2.11. The van der Waals surface area contributed by atoms with Crippen LogP contribution in [0.2, 0.25) is 0 Å². The van der Waals surface area contributed by atoms with Gasteiger partial charge in [-0.2, -0.15) is 0 Å². The second kappa shape index (κ2) is 5.59. The molecule has 0 bridgehead atoms. The van der Waals surface area contributed by atoms with Crippen LogP contribution in [0.5, 0.6) is 0 Å². The number of hydrogen-bond donors (Lipinski definition) is 2. The molecule has 0 radical (unpaired) electrons. The van der Waals surface area contributed by atoms with Gasteiger partial charge in [0.15, 0.2) is 0 Å². The Bertz CT molecular complexity index is 323. The van der Waals surface area contributed by atoms with Crippen LogP contribution in [0.25, 0.3) is 0 Å². The lowest BCUT2D eigenvalue weighted by Crippen LogP contribution is -2.40. The molecule has 18 heavy (non-hydrogen) atoms. The number of amides is 2. The number of urea groups is 1. The van der Waals surface area contributed by atoms with Gasteiger partial charge >= 0.3 is 12.0 Å². The minimum atomic E-state index is -0.813. The second-order valence-electron chi connectivity index (χ2n) is 6.37. The summed E-state index contributed by atoms with van der Waals surface area (Å²) in [6, 6.07) is -0.144. The second-order valence-corrected chi connectivity index (χ2v) is 6.37. The minimum Gasteiger partial charge on any atom is -0.481 e. The van der Waals surface area contributed by atoms with E-state index in [0.717, 1.165) is 6.42 Å². The van der Waals surface area contributed by atoms with Gasteiger partial charge in [0, 0.05) is 19.6 Å². The quantitative estimate of drug-likeness (QED) is 0.808. The smallest absolute Gasteiger partial charge is 0.317 e. The molecule has 5 nitrogen and oxygen atoms in total. The molecule has 0 aromatic heterocycles. The monoisotopic (exact) mass is 256 g/mol. The van der Waals surface area contributed by atoms with Crippen LogP contribution >= 0.6 is 0 Å². The molecule has 1 rings (SSSR count). The highest BCUT2D eigenvalue weighted by Gasteiger charge is 2.36. The molecule has 2 atom stereocenters. The summed E-state index contributed by atoms with van der Waals surface area (Å²) in [7, 11) is 0. The molecular formula is C13H24N2O3. The Kier molecular flexibility index (Phi) is 4.59. The van der Waals surface area contributed by atoms with Crippen molar-refractivity contribution in [3.8, 4) is 0 Å². The van der Waals surface area contributed by atoms with E-state index in [2.05, 4.69) is 26.1 Å². The number of carboxylic acids is 1. The molecule has 0 spiro atoms. The van der Waals surface area contributed by atoms with Crippen molar-refractivity contribution in [1.82, 2.24) is 10.2 Å². The summed E-state index contributed by atoms with van der Waals surface area (Å²) in [6.45, 7) is 9.72. The third-order valence-electron chi connectivity index (χ3n) is 3.37. The highest BCUT2D eigenvalue weighted by atomic mass is 16.4. The predicted molar refractivity (Wildman–Crippen MR) is 69.3 cm³/mol. The van der Waals surface area contributed by atoms with Crippen molar-refractivity contribution in [2.45, 2.75) is 34.1 Å². The maximum absolute atomic E-state index is 11.9. The summed E-state index contributed by atoms with van der Waals surface area (Å²) in [5.74, 6) is -1.22. The van der Waals surface area contributed by atoms with Gasteiger partial charge in [-0.15, -0.1) is 0 Å². The Morgan fingerprint density at radius 1 is 1.33 bits per heavy atom. The molecule has 1 aliphatic heterocycles. The number of nitrogens with one attached hydrogen (secondary N) is 1. The van der Waals surface area contributed by atoms with Gasteiger partial charge in [-0.3, -0.25) is 4.79 Å². The molecule has 1 saturated heterocycles. The van der Waals surface area contributed by atoms with Gasteiger partial charge in [0.2, 0.25) is 0 Å². The van der Waals surface area contributed by atoms with E-state index >= 15 is 0 Å². The lowest BCUT2D eigenvalue weighted by Gasteiger charge is -2.21. The summed E-state index contributed by atoms with van der Waals surface area (Å²) in [6.07, 6.45) is 0.907. The molecule has 0 aromatic carbocycles. The molecule has 0 aromatic rings. The number of carbonyl (C=O) groups is 2. The summed E-state index contributed by atoms with van der Waals surface area (Å²) < 4.78 is 0. The molecule has 1 fully saturated rings. The molecule has 1 heterocycles. The Morgan fingerprint density at radius 3 is 2.39 bits per heavy atom. The number of likely N-dealkylation sites (tertiary alicyclic amines) is 1. The van der Waals surface area contributed by atoms with E-state index in [1.807, 2.05) is 6.92 Å². The number of hydrogen-bond acceptors (Lipinski definition) is 2. The molecule has 2 amide bonds. The van der Waals surface area contributed by atoms with Crippen molar-refractivity contribution in [3.05, 3.63) is 0 Å². The SMILES string of the molecule is C[C@@H]1CN(C(=O)NCCC(C)(C)C)C[C@H]1C(=O)O. The van der Waals surface area contributed by atoms with Crippen molar-refractivity contribution in [1.29, 1.82) is 0 Å². The van der Waals surface area contributed by atoms with Crippen LogP contribution in [0.1, 0.15) is 34.1 Å². The first-order valence-electron chi connectivity index (χ1n) is 6.46. The van der Waals surface area contributed by atoms with E-state index in [9.17, 15) is 9.59 Å². The number of rotatable bonds is 3. The molecule has 0 saturated carbocycles. The highest BCUT2D eigenvalue weighted by Crippen LogP contribution is 2.23. The van der Waals surface area contributed by atoms with Crippen LogP contribution in [0.4, 0.5) is 4.79 Å². The fourth-order valence-electron chi connectivity index (χ4n) is 2.11. The fraction of sp³-hybridized carbons (Fsp3) is 0.846. The van der Waals surface area contributed by atoms with Crippen LogP contribution in [0.3, 0.4) is 0 Å². The number of carboxylic acid groups (broad SMARTS) is 1. The van der Waals surface area contributed by atoms with Gasteiger partial charge in [0.25, 0.3) is 0 Å². The summed E-state index contributed by atoms with van der Waals surface area (Å²) >= 11 is 0. The topological polar surface area (TPSA) is 69.6 Å². The van der Waals surface area contributed by atoms with Crippen LogP contribution in [-0.4, -0.2) is 41.6 Å². The highest BCUT2D eigenvalue weighted by molar-refractivity contribution is 5.77. The first-order valence-corrected chi connectivity index (χ1v) is 6.46. The van der Waals surface area contributed by atoms with E-state index in [1.165, 1.54) is 0 Å². The Morgan fingerprint density at radius 2 is 1.94 bits per heavy atom. The maximum atomic E-state index is 11.9. The maximum Gasteiger partial charge on any atom is 0.317 e. The van der Waals surface area contributed by atoms with Gasteiger partial charge < -0.3 is 15.3 Å². The van der Waals surface area contributed by atoms with E-state index in [0.29, 0.717) is 19.6 Å². The first kappa shape index (κ1) is 14.8. The Labute approximate surface area is 109 Å².